The molecule has 0 atom stereocenters. The molecule has 0 aromatic rings. The zero-order valence-corrected chi connectivity index (χ0v) is 10.5. The van der Waals surface area contributed by atoms with E-state index in [9.17, 15) is 0 Å². The minimum absolute atomic E-state index is 0.321. The summed E-state index contributed by atoms with van der Waals surface area (Å²) >= 11 is 0. The van der Waals surface area contributed by atoms with E-state index >= 15 is 0 Å². The summed E-state index contributed by atoms with van der Waals surface area (Å²) in [6, 6.07) is 0. The van der Waals surface area contributed by atoms with Crippen LogP contribution in [0, 0.1) is 5.41 Å². The van der Waals surface area contributed by atoms with Crippen LogP contribution in [0.25, 0.3) is 0 Å². The van der Waals surface area contributed by atoms with Gasteiger partial charge >= 0.3 is 0 Å². The van der Waals surface area contributed by atoms with E-state index in [-0.39, 0.29) is 0 Å². The molecule has 0 aliphatic carbocycles. The molecule has 0 saturated carbocycles. The predicted molar refractivity (Wildman–Crippen MR) is 64.4 cm³/mol. The normalized spacial score (nSPS) is 18.6. The quantitative estimate of drug-likeness (QED) is 0.448. The fourth-order valence-corrected chi connectivity index (χ4v) is 1.62. The summed E-state index contributed by atoms with van der Waals surface area (Å²) in [7, 11) is 0. The first kappa shape index (κ1) is 13.5. The first-order chi connectivity index (χ1) is 7.83. The summed E-state index contributed by atoms with van der Waals surface area (Å²) in [6.45, 7) is 8.36. The van der Waals surface area contributed by atoms with Gasteiger partial charge in [-0.15, -0.1) is 0 Å². The minimum Gasteiger partial charge on any atom is -0.502 e. The Hall–Kier alpha value is -0.540. The van der Waals surface area contributed by atoms with Crippen molar-refractivity contribution >= 4 is 0 Å². The van der Waals surface area contributed by atoms with Gasteiger partial charge in [-0.1, -0.05) is 13.0 Å². The molecule has 1 saturated heterocycles. The molecule has 16 heavy (non-hydrogen) atoms. The lowest BCUT2D eigenvalue weighted by atomic mass is 9.84. The second-order valence-electron chi connectivity index (χ2n) is 4.45. The number of unbranched alkanes of at least 4 members (excludes halogenated alkanes) is 1. The molecule has 0 radical (unpaired) electrons. The van der Waals surface area contributed by atoms with Gasteiger partial charge in [0.15, 0.2) is 0 Å². The Bertz CT molecular complexity index is 192. The molecule has 94 valence electrons. The van der Waals surface area contributed by atoms with Crippen molar-refractivity contribution in [1.29, 1.82) is 0 Å². The van der Waals surface area contributed by atoms with E-state index in [4.69, 9.17) is 14.2 Å². The first-order valence-electron chi connectivity index (χ1n) is 6.21. The first-order valence-corrected chi connectivity index (χ1v) is 6.21. The monoisotopic (exact) mass is 228 g/mol. The third-order valence-electron chi connectivity index (χ3n) is 3.01. The SMILES string of the molecule is CC=COCCCCOCC1(CC)COC1. The highest BCUT2D eigenvalue weighted by molar-refractivity contribution is 4.83. The third kappa shape index (κ3) is 4.54. The molecule has 3 heteroatoms. The van der Waals surface area contributed by atoms with Crippen molar-refractivity contribution in [2.45, 2.75) is 33.1 Å². The molecule has 0 unspecified atom stereocenters. The molecule has 0 amide bonds. The molecule has 1 heterocycles. The van der Waals surface area contributed by atoms with Crippen LogP contribution in [0.1, 0.15) is 33.1 Å². The zero-order valence-electron chi connectivity index (χ0n) is 10.5. The maximum absolute atomic E-state index is 5.68. The lowest BCUT2D eigenvalue weighted by Gasteiger charge is -2.40. The van der Waals surface area contributed by atoms with Gasteiger partial charge in [-0.25, -0.2) is 0 Å². The number of hydrogen-bond donors (Lipinski definition) is 0. The second kappa shape index (κ2) is 7.69. The Morgan fingerprint density at radius 3 is 2.56 bits per heavy atom. The smallest absolute Gasteiger partial charge is 0.0874 e. The average Bonchev–Trinajstić information content (AvgIpc) is 2.25. The Morgan fingerprint density at radius 2 is 2.00 bits per heavy atom. The van der Waals surface area contributed by atoms with Gasteiger partial charge in [-0.05, 0) is 26.2 Å². The van der Waals surface area contributed by atoms with Gasteiger partial charge in [0.05, 0.1) is 32.7 Å². The molecule has 0 N–H and O–H groups in total. The lowest BCUT2D eigenvalue weighted by molar-refractivity contribution is -0.150. The Morgan fingerprint density at radius 1 is 1.25 bits per heavy atom. The van der Waals surface area contributed by atoms with E-state index in [1.54, 1.807) is 6.26 Å². The Balaban J connectivity index is 1.88. The number of ether oxygens (including phenoxy) is 3. The lowest BCUT2D eigenvalue weighted by Crippen LogP contribution is -2.45. The van der Waals surface area contributed by atoms with Crippen molar-refractivity contribution in [1.82, 2.24) is 0 Å². The van der Waals surface area contributed by atoms with Crippen LogP contribution in [-0.4, -0.2) is 33.0 Å². The van der Waals surface area contributed by atoms with Crippen LogP contribution in [-0.2, 0) is 14.2 Å². The van der Waals surface area contributed by atoms with Gasteiger partial charge in [0, 0.05) is 12.0 Å². The standard InChI is InChI=1S/C13H24O3/c1-3-7-14-8-5-6-9-15-10-13(4-2)11-16-12-13/h3,7H,4-6,8-12H2,1-2H3. The molecule has 0 bridgehead atoms. The van der Waals surface area contributed by atoms with E-state index in [2.05, 4.69) is 6.92 Å². The van der Waals surface area contributed by atoms with Crippen molar-refractivity contribution in [2.24, 2.45) is 5.41 Å². The molecule has 3 nitrogen and oxygen atoms in total. The third-order valence-corrected chi connectivity index (χ3v) is 3.01. The Kier molecular flexibility index (Phi) is 6.50. The summed E-state index contributed by atoms with van der Waals surface area (Å²) in [5.41, 5.74) is 0.321. The summed E-state index contributed by atoms with van der Waals surface area (Å²) in [5, 5.41) is 0. The fraction of sp³-hybridized carbons (Fsp3) is 0.846. The average molecular weight is 228 g/mol. The van der Waals surface area contributed by atoms with Gasteiger partial charge in [0.2, 0.25) is 0 Å². The van der Waals surface area contributed by atoms with Crippen LogP contribution >= 0.6 is 0 Å². The minimum atomic E-state index is 0.321. The molecule has 0 aromatic heterocycles. The van der Waals surface area contributed by atoms with E-state index in [0.717, 1.165) is 52.3 Å². The second-order valence-corrected chi connectivity index (χ2v) is 4.45. The van der Waals surface area contributed by atoms with Gasteiger partial charge in [0.1, 0.15) is 0 Å². The van der Waals surface area contributed by atoms with Crippen molar-refractivity contribution < 1.29 is 14.2 Å². The molecule has 1 fully saturated rings. The van der Waals surface area contributed by atoms with E-state index < -0.39 is 0 Å². The summed E-state index contributed by atoms with van der Waals surface area (Å²) in [4.78, 5) is 0. The van der Waals surface area contributed by atoms with E-state index in [1.807, 2.05) is 13.0 Å². The van der Waals surface area contributed by atoms with Crippen molar-refractivity contribution in [2.75, 3.05) is 33.0 Å². The highest BCUT2D eigenvalue weighted by Gasteiger charge is 2.36. The van der Waals surface area contributed by atoms with Crippen LogP contribution in [0.3, 0.4) is 0 Å². The Labute approximate surface area is 98.8 Å². The largest absolute Gasteiger partial charge is 0.502 e. The van der Waals surface area contributed by atoms with Crippen LogP contribution in [0.2, 0.25) is 0 Å². The van der Waals surface area contributed by atoms with Crippen LogP contribution in [0.15, 0.2) is 12.3 Å². The molecule has 0 spiro atoms. The molecular formula is C13H24O3. The zero-order chi connectivity index (χ0) is 11.7. The number of hydrogen-bond acceptors (Lipinski definition) is 3. The number of allylic oxidation sites excluding steroid dienone is 1. The summed E-state index contributed by atoms with van der Waals surface area (Å²) in [5.74, 6) is 0. The van der Waals surface area contributed by atoms with Gasteiger partial charge in [0.25, 0.3) is 0 Å². The van der Waals surface area contributed by atoms with Crippen molar-refractivity contribution in [3.8, 4) is 0 Å². The van der Waals surface area contributed by atoms with Gasteiger partial charge in [-0.3, -0.25) is 0 Å². The molecular weight excluding hydrogens is 204 g/mol. The van der Waals surface area contributed by atoms with Gasteiger partial charge in [-0.2, -0.15) is 0 Å². The molecule has 1 aliphatic heterocycles. The van der Waals surface area contributed by atoms with E-state index in [0.29, 0.717) is 5.41 Å². The highest BCUT2D eigenvalue weighted by atomic mass is 16.5. The molecule has 1 aliphatic rings. The molecule has 0 aromatic carbocycles. The van der Waals surface area contributed by atoms with E-state index in [1.165, 1.54) is 0 Å². The van der Waals surface area contributed by atoms with Crippen LogP contribution in [0.4, 0.5) is 0 Å². The van der Waals surface area contributed by atoms with Crippen molar-refractivity contribution in [3.05, 3.63) is 12.3 Å². The molecule has 1 rings (SSSR count). The maximum atomic E-state index is 5.68. The maximum Gasteiger partial charge on any atom is 0.0874 e. The highest BCUT2D eigenvalue weighted by Crippen LogP contribution is 2.31. The summed E-state index contributed by atoms with van der Waals surface area (Å²) in [6.07, 6.45) is 6.91. The van der Waals surface area contributed by atoms with Crippen LogP contribution in [0.5, 0.6) is 0 Å². The topological polar surface area (TPSA) is 27.7 Å². The number of rotatable bonds is 9. The predicted octanol–water partition coefficient (Wildman–Crippen LogP) is 2.76. The van der Waals surface area contributed by atoms with Gasteiger partial charge < -0.3 is 14.2 Å². The van der Waals surface area contributed by atoms with Crippen molar-refractivity contribution in [3.63, 3.8) is 0 Å². The van der Waals surface area contributed by atoms with Crippen LogP contribution < -0.4 is 0 Å². The fourth-order valence-electron chi connectivity index (χ4n) is 1.62. The summed E-state index contributed by atoms with van der Waals surface area (Å²) < 4.78 is 16.2.